The van der Waals surface area contributed by atoms with Crippen molar-refractivity contribution in [3.63, 3.8) is 0 Å². The van der Waals surface area contributed by atoms with E-state index in [0.717, 1.165) is 10.7 Å². The van der Waals surface area contributed by atoms with E-state index in [1.165, 1.54) is 15.9 Å². The standard InChI is InChI=1S/C13H13N3O3S/c1-8(18-2)12-15-9(7-20-12)6-16-11-10(19-13(16)17)4-3-5-14-11/h3-5,7-8H,6H2,1-2H3/t8-/m1/s1. The van der Waals surface area contributed by atoms with E-state index in [9.17, 15) is 4.79 Å². The summed E-state index contributed by atoms with van der Waals surface area (Å²) >= 11 is 1.51. The highest BCUT2D eigenvalue weighted by Gasteiger charge is 2.14. The van der Waals surface area contributed by atoms with Crippen molar-refractivity contribution in [3.8, 4) is 0 Å². The molecule has 0 unspecified atom stereocenters. The SMILES string of the molecule is CO[C@H](C)c1nc(Cn2c(=O)oc3cccnc32)cs1. The highest BCUT2D eigenvalue weighted by atomic mass is 32.1. The lowest BCUT2D eigenvalue weighted by atomic mass is 10.4. The van der Waals surface area contributed by atoms with Gasteiger partial charge >= 0.3 is 5.76 Å². The summed E-state index contributed by atoms with van der Waals surface area (Å²) in [5.41, 5.74) is 1.81. The van der Waals surface area contributed by atoms with Gasteiger partial charge in [-0.15, -0.1) is 11.3 Å². The molecule has 0 spiro atoms. The molecule has 0 radical (unpaired) electrons. The first-order valence-corrected chi connectivity index (χ1v) is 6.98. The Hall–Kier alpha value is -1.99. The van der Waals surface area contributed by atoms with Crippen molar-refractivity contribution in [2.75, 3.05) is 7.11 Å². The predicted octanol–water partition coefficient (Wildman–Crippen LogP) is 2.20. The van der Waals surface area contributed by atoms with Crippen LogP contribution in [0.25, 0.3) is 11.2 Å². The Morgan fingerprint density at radius 1 is 1.55 bits per heavy atom. The van der Waals surface area contributed by atoms with Crippen LogP contribution in [0.5, 0.6) is 0 Å². The van der Waals surface area contributed by atoms with Crippen LogP contribution in [0, 0.1) is 0 Å². The van der Waals surface area contributed by atoms with Crippen LogP contribution in [-0.4, -0.2) is 21.6 Å². The molecule has 20 heavy (non-hydrogen) atoms. The van der Waals surface area contributed by atoms with Crippen molar-refractivity contribution < 1.29 is 9.15 Å². The molecule has 7 heteroatoms. The third kappa shape index (κ3) is 2.25. The highest BCUT2D eigenvalue weighted by Crippen LogP contribution is 2.21. The monoisotopic (exact) mass is 291 g/mol. The fraction of sp³-hybridized carbons (Fsp3) is 0.308. The van der Waals surface area contributed by atoms with Crippen LogP contribution >= 0.6 is 11.3 Å². The molecule has 0 N–H and O–H groups in total. The van der Waals surface area contributed by atoms with Gasteiger partial charge in [0.15, 0.2) is 11.2 Å². The Bertz CT molecular complexity index is 789. The third-order valence-corrected chi connectivity index (χ3v) is 4.07. The van der Waals surface area contributed by atoms with Crippen molar-refractivity contribution in [1.29, 1.82) is 0 Å². The molecule has 0 aliphatic rings. The second kappa shape index (κ2) is 5.18. The van der Waals surface area contributed by atoms with Gasteiger partial charge in [0.2, 0.25) is 0 Å². The van der Waals surface area contributed by atoms with Crippen LogP contribution in [0.3, 0.4) is 0 Å². The van der Waals surface area contributed by atoms with E-state index in [2.05, 4.69) is 9.97 Å². The largest absolute Gasteiger partial charge is 0.421 e. The lowest BCUT2D eigenvalue weighted by Gasteiger charge is -2.03. The molecule has 104 valence electrons. The smallest absolute Gasteiger partial charge is 0.406 e. The average molecular weight is 291 g/mol. The number of hydrogen-bond acceptors (Lipinski definition) is 6. The number of aromatic nitrogens is 3. The summed E-state index contributed by atoms with van der Waals surface area (Å²) in [4.78, 5) is 20.5. The fourth-order valence-electron chi connectivity index (χ4n) is 1.88. The van der Waals surface area contributed by atoms with Crippen LogP contribution in [0.1, 0.15) is 23.7 Å². The van der Waals surface area contributed by atoms with E-state index < -0.39 is 5.76 Å². The molecule has 0 amide bonds. The predicted molar refractivity (Wildman–Crippen MR) is 74.9 cm³/mol. The molecular weight excluding hydrogens is 278 g/mol. The molecule has 0 aliphatic carbocycles. The van der Waals surface area contributed by atoms with E-state index in [1.54, 1.807) is 25.4 Å². The average Bonchev–Trinajstić information content (AvgIpc) is 3.04. The summed E-state index contributed by atoms with van der Waals surface area (Å²) < 4.78 is 11.8. The van der Waals surface area contributed by atoms with E-state index in [-0.39, 0.29) is 6.10 Å². The molecule has 0 bridgehead atoms. The summed E-state index contributed by atoms with van der Waals surface area (Å²) in [6.07, 6.45) is 1.58. The van der Waals surface area contributed by atoms with Gasteiger partial charge < -0.3 is 9.15 Å². The van der Waals surface area contributed by atoms with Gasteiger partial charge in [-0.2, -0.15) is 0 Å². The lowest BCUT2D eigenvalue weighted by molar-refractivity contribution is 0.119. The molecule has 0 fully saturated rings. The first-order chi connectivity index (χ1) is 9.69. The molecule has 3 aromatic heterocycles. The maximum absolute atomic E-state index is 11.8. The maximum Gasteiger partial charge on any atom is 0.421 e. The Morgan fingerprint density at radius 3 is 3.20 bits per heavy atom. The second-order valence-corrected chi connectivity index (χ2v) is 5.22. The number of pyridine rings is 1. The maximum atomic E-state index is 11.8. The zero-order chi connectivity index (χ0) is 14.1. The zero-order valence-electron chi connectivity index (χ0n) is 11.1. The summed E-state index contributed by atoms with van der Waals surface area (Å²) in [6, 6.07) is 3.45. The van der Waals surface area contributed by atoms with Gasteiger partial charge in [0.1, 0.15) is 11.1 Å². The summed E-state index contributed by atoms with van der Waals surface area (Å²) in [5.74, 6) is -0.423. The van der Waals surface area contributed by atoms with Gasteiger partial charge in [-0.05, 0) is 19.1 Å². The first kappa shape index (κ1) is 13.0. The number of rotatable bonds is 4. The number of methoxy groups -OCH3 is 1. The number of hydrogen-bond donors (Lipinski definition) is 0. The van der Waals surface area contributed by atoms with Gasteiger partial charge in [-0.3, -0.25) is 4.57 Å². The minimum Gasteiger partial charge on any atom is -0.406 e. The van der Waals surface area contributed by atoms with Crippen molar-refractivity contribution in [2.24, 2.45) is 0 Å². The molecule has 6 nitrogen and oxygen atoms in total. The van der Waals surface area contributed by atoms with Gasteiger partial charge in [0.05, 0.1) is 12.2 Å². The molecule has 1 atom stereocenters. The number of fused-ring (bicyclic) bond motifs is 1. The first-order valence-electron chi connectivity index (χ1n) is 6.10. The topological polar surface area (TPSA) is 70.2 Å². The Labute approximate surface area is 118 Å². The van der Waals surface area contributed by atoms with Crippen molar-refractivity contribution in [3.05, 3.63) is 45.0 Å². The van der Waals surface area contributed by atoms with Gasteiger partial charge in [-0.25, -0.2) is 14.8 Å². The van der Waals surface area contributed by atoms with Crippen LogP contribution in [-0.2, 0) is 11.3 Å². The number of ether oxygens (including phenoxy) is 1. The van der Waals surface area contributed by atoms with Crippen molar-refractivity contribution in [1.82, 2.24) is 14.5 Å². The molecule has 3 aromatic rings. The quantitative estimate of drug-likeness (QED) is 0.737. The van der Waals surface area contributed by atoms with Gasteiger partial charge in [-0.1, -0.05) is 0 Å². The Kier molecular flexibility index (Phi) is 3.37. The van der Waals surface area contributed by atoms with Crippen LogP contribution in [0.4, 0.5) is 0 Å². The van der Waals surface area contributed by atoms with Crippen molar-refractivity contribution >= 4 is 22.6 Å². The minimum atomic E-state index is -0.423. The van der Waals surface area contributed by atoms with Gasteiger partial charge in [0.25, 0.3) is 0 Å². The van der Waals surface area contributed by atoms with E-state index in [1.807, 2.05) is 12.3 Å². The lowest BCUT2D eigenvalue weighted by Crippen LogP contribution is -2.15. The molecule has 3 heterocycles. The summed E-state index contributed by atoms with van der Waals surface area (Å²) in [6.45, 7) is 2.28. The molecular formula is C13H13N3O3S. The van der Waals surface area contributed by atoms with E-state index >= 15 is 0 Å². The minimum absolute atomic E-state index is 0.0512. The molecule has 0 saturated carbocycles. The molecule has 3 rings (SSSR count). The molecule has 0 aliphatic heterocycles. The Morgan fingerprint density at radius 2 is 2.40 bits per heavy atom. The Balaban J connectivity index is 1.95. The molecule has 0 aromatic carbocycles. The van der Waals surface area contributed by atoms with E-state index in [4.69, 9.17) is 9.15 Å². The summed E-state index contributed by atoms with van der Waals surface area (Å²) in [5, 5.41) is 2.80. The van der Waals surface area contributed by atoms with Crippen LogP contribution in [0.15, 0.2) is 32.9 Å². The second-order valence-electron chi connectivity index (χ2n) is 4.33. The van der Waals surface area contributed by atoms with E-state index in [0.29, 0.717) is 17.8 Å². The summed E-state index contributed by atoms with van der Waals surface area (Å²) in [7, 11) is 1.64. The third-order valence-electron chi connectivity index (χ3n) is 3.02. The zero-order valence-corrected chi connectivity index (χ0v) is 11.9. The fourth-order valence-corrected chi connectivity index (χ4v) is 2.73. The van der Waals surface area contributed by atoms with Crippen molar-refractivity contribution in [2.45, 2.75) is 19.6 Å². The van der Waals surface area contributed by atoms with Crippen LogP contribution < -0.4 is 5.76 Å². The highest BCUT2D eigenvalue weighted by molar-refractivity contribution is 7.09. The number of nitrogens with zero attached hydrogens (tertiary/aromatic N) is 3. The van der Waals surface area contributed by atoms with Gasteiger partial charge in [0, 0.05) is 18.7 Å². The number of thiazole rings is 1. The normalized spacial score (nSPS) is 12.9. The van der Waals surface area contributed by atoms with Crippen LogP contribution in [0.2, 0.25) is 0 Å². The molecule has 0 saturated heterocycles. The number of oxazole rings is 1.